The van der Waals surface area contributed by atoms with Crippen LogP contribution in [0.1, 0.15) is 12.8 Å². The fourth-order valence-corrected chi connectivity index (χ4v) is 1.97. The topological polar surface area (TPSA) is 38.7 Å². The molecule has 0 aromatic rings. The second-order valence-electron chi connectivity index (χ2n) is 3.27. The number of hydrogen-bond acceptors (Lipinski definition) is 3. The minimum atomic E-state index is 0.251. The first-order valence-electron chi connectivity index (χ1n) is 4.26. The smallest absolute Gasteiger partial charge is 0.0888 e. The van der Waals surface area contributed by atoms with Crippen molar-refractivity contribution in [3.8, 4) is 0 Å². The standard InChI is InChI=1S/C8H14O3/c9-3-1-6-5-11-7-2-4-10-8(6)7/h6-9H,1-5H2. The van der Waals surface area contributed by atoms with Crippen LogP contribution in [-0.4, -0.2) is 37.1 Å². The molecule has 0 aromatic heterocycles. The van der Waals surface area contributed by atoms with Crippen LogP contribution in [0.25, 0.3) is 0 Å². The first-order chi connectivity index (χ1) is 5.42. The van der Waals surface area contributed by atoms with Crippen molar-refractivity contribution in [1.82, 2.24) is 0 Å². The zero-order valence-electron chi connectivity index (χ0n) is 6.53. The first kappa shape index (κ1) is 7.53. The summed E-state index contributed by atoms with van der Waals surface area (Å²) in [7, 11) is 0. The average Bonchev–Trinajstić information content (AvgIpc) is 2.53. The Bertz CT molecular complexity index is 135. The molecule has 3 atom stereocenters. The normalized spacial score (nSPS) is 42.8. The van der Waals surface area contributed by atoms with Gasteiger partial charge in [0, 0.05) is 19.1 Å². The third-order valence-electron chi connectivity index (χ3n) is 2.57. The van der Waals surface area contributed by atoms with Gasteiger partial charge in [-0.1, -0.05) is 0 Å². The lowest BCUT2D eigenvalue weighted by molar-refractivity contribution is 0.0588. The van der Waals surface area contributed by atoms with Crippen molar-refractivity contribution >= 4 is 0 Å². The van der Waals surface area contributed by atoms with Gasteiger partial charge in [-0.2, -0.15) is 0 Å². The molecule has 0 radical (unpaired) electrons. The summed E-state index contributed by atoms with van der Waals surface area (Å²) in [6.45, 7) is 1.85. The van der Waals surface area contributed by atoms with Crippen molar-refractivity contribution in [1.29, 1.82) is 0 Å². The van der Waals surface area contributed by atoms with Gasteiger partial charge in [0.1, 0.15) is 0 Å². The van der Waals surface area contributed by atoms with Crippen LogP contribution in [0.2, 0.25) is 0 Å². The molecule has 2 rings (SSSR count). The zero-order valence-corrected chi connectivity index (χ0v) is 6.53. The Kier molecular flexibility index (Phi) is 2.11. The second kappa shape index (κ2) is 3.09. The Labute approximate surface area is 66.3 Å². The van der Waals surface area contributed by atoms with E-state index in [1.807, 2.05) is 0 Å². The largest absolute Gasteiger partial charge is 0.396 e. The van der Waals surface area contributed by atoms with Gasteiger partial charge < -0.3 is 14.6 Å². The number of aliphatic hydroxyl groups is 1. The van der Waals surface area contributed by atoms with E-state index in [0.29, 0.717) is 12.0 Å². The molecule has 0 bridgehead atoms. The molecule has 1 N–H and O–H groups in total. The predicted molar refractivity (Wildman–Crippen MR) is 39.3 cm³/mol. The lowest BCUT2D eigenvalue weighted by Crippen LogP contribution is -2.23. The molecule has 2 heterocycles. The van der Waals surface area contributed by atoms with E-state index in [2.05, 4.69) is 0 Å². The highest BCUT2D eigenvalue weighted by Crippen LogP contribution is 2.32. The van der Waals surface area contributed by atoms with Gasteiger partial charge in [-0.15, -0.1) is 0 Å². The van der Waals surface area contributed by atoms with Crippen molar-refractivity contribution < 1.29 is 14.6 Å². The summed E-state index contributed by atoms with van der Waals surface area (Å²) in [6, 6.07) is 0. The molecule has 2 saturated heterocycles. The van der Waals surface area contributed by atoms with Crippen molar-refractivity contribution in [2.75, 3.05) is 19.8 Å². The lowest BCUT2D eigenvalue weighted by atomic mass is 9.99. The third kappa shape index (κ3) is 1.28. The molecule has 0 saturated carbocycles. The quantitative estimate of drug-likeness (QED) is 0.622. The Morgan fingerprint density at radius 2 is 2.27 bits per heavy atom. The highest BCUT2D eigenvalue weighted by atomic mass is 16.6. The fourth-order valence-electron chi connectivity index (χ4n) is 1.97. The number of fused-ring (bicyclic) bond motifs is 1. The fraction of sp³-hybridized carbons (Fsp3) is 1.00. The average molecular weight is 158 g/mol. The van der Waals surface area contributed by atoms with E-state index in [-0.39, 0.29) is 12.7 Å². The van der Waals surface area contributed by atoms with Crippen LogP contribution in [0.3, 0.4) is 0 Å². The van der Waals surface area contributed by atoms with E-state index in [0.717, 1.165) is 26.1 Å². The summed E-state index contributed by atoms with van der Waals surface area (Å²) in [5, 5.41) is 8.74. The van der Waals surface area contributed by atoms with Crippen LogP contribution in [0.4, 0.5) is 0 Å². The minimum Gasteiger partial charge on any atom is -0.396 e. The first-order valence-corrected chi connectivity index (χ1v) is 4.26. The molecule has 2 aliphatic heterocycles. The SMILES string of the molecule is OCCC1COC2CCOC12. The lowest BCUT2D eigenvalue weighted by Gasteiger charge is -2.13. The molecule has 3 heteroatoms. The van der Waals surface area contributed by atoms with Gasteiger partial charge in [-0.3, -0.25) is 0 Å². The highest BCUT2D eigenvalue weighted by molar-refractivity contribution is 4.88. The van der Waals surface area contributed by atoms with E-state index in [1.54, 1.807) is 0 Å². The minimum absolute atomic E-state index is 0.251. The third-order valence-corrected chi connectivity index (χ3v) is 2.57. The molecule has 0 spiro atoms. The number of ether oxygens (including phenoxy) is 2. The molecule has 3 unspecified atom stereocenters. The van der Waals surface area contributed by atoms with E-state index in [9.17, 15) is 0 Å². The Balaban J connectivity index is 1.92. The predicted octanol–water partition coefficient (Wildman–Crippen LogP) is 0.173. The molecular weight excluding hydrogens is 144 g/mol. The van der Waals surface area contributed by atoms with Crippen molar-refractivity contribution in [2.45, 2.75) is 25.0 Å². The van der Waals surface area contributed by atoms with E-state index in [1.165, 1.54) is 0 Å². The molecule has 64 valence electrons. The molecular formula is C8H14O3. The molecule has 0 amide bonds. The maximum atomic E-state index is 8.74. The summed E-state index contributed by atoms with van der Waals surface area (Å²) in [6.07, 6.45) is 2.46. The molecule has 0 aliphatic carbocycles. The Morgan fingerprint density at radius 3 is 3.09 bits per heavy atom. The van der Waals surface area contributed by atoms with Crippen LogP contribution in [0, 0.1) is 5.92 Å². The van der Waals surface area contributed by atoms with Crippen molar-refractivity contribution in [2.24, 2.45) is 5.92 Å². The Hall–Kier alpha value is -0.120. The number of hydrogen-bond donors (Lipinski definition) is 1. The van der Waals surface area contributed by atoms with Crippen LogP contribution in [-0.2, 0) is 9.47 Å². The van der Waals surface area contributed by atoms with Gasteiger partial charge >= 0.3 is 0 Å². The summed E-state index contributed by atoms with van der Waals surface area (Å²) in [5.74, 6) is 0.437. The number of aliphatic hydroxyl groups excluding tert-OH is 1. The highest BCUT2D eigenvalue weighted by Gasteiger charge is 2.40. The zero-order chi connectivity index (χ0) is 7.68. The van der Waals surface area contributed by atoms with Crippen LogP contribution in [0.5, 0.6) is 0 Å². The Morgan fingerprint density at radius 1 is 1.36 bits per heavy atom. The van der Waals surface area contributed by atoms with Gasteiger partial charge in [0.2, 0.25) is 0 Å². The maximum Gasteiger partial charge on any atom is 0.0888 e. The van der Waals surface area contributed by atoms with E-state index >= 15 is 0 Å². The molecule has 2 fully saturated rings. The van der Waals surface area contributed by atoms with Gasteiger partial charge in [-0.25, -0.2) is 0 Å². The molecule has 3 nitrogen and oxygen atoms in total. The van der Waals surface area contributed by atoms with Gasteiger partial charge in [-0.05, 0) is 12.8 Å². The maximum absolute atomic E-state index is 8.74. The number of rotatable bonds is 2. The molecule has 0 aromatic carbocycles. The van der Waals surface area contributed by atoms with Crippen LogP contribution < -0.4 is 0 Å². The van der Waals surface area contributed by atoms with Gasteiger partial charge in [0.15, 0.2) is 0 Å². The van der Waals surface area contributed by atoms with Crippen LogP contribution >= 0.6 is 0 Å². The molecule has 11 heavy (non-hydrogen) atoms. The summed E-state index contributed by atoms with van der Waals surface area (Å²) in [4.78, 5) is 0. The van der Waals surface area contributed by atoms with Crippen molar-refractivity contribution in [3.05, 3.63) is 0 Å². The second-order valence-corrected chi connectivity index (χ2v) is 3.27. The van der Waals surface area contributed by atoms with Crippen LogP contribution in [0.15, 0.2) is 0 Å². The van der Waals surface area contributed by atoms with Gasteiger partial charge in [0.25, 0.3) is 0 Å². The summed E-state index contributed by atoms with van der Waals surface area (Å²) >= 11 is 0. The summed E-state index contributed by atoms with van der Waals surface area (Å²) < 4.78 is 11.0. The monoisotopic (exact) mass is 158 g/mol. The molecule has 2 aliphatic rings. The summed E-state index contributed by atoms with van der Waals surface area (Å²) in [5.41, 5.74) is 0. The van der Waals surface area contributed by atoms with Gasteiger partial charge in [0.05, 0.1) is 18.8 Å². The van der Waals surface area contributed by atoms with E-state index < -0.39 is 0 Å². The van der Waals surface area contributed by atoms with E-state index in [4.69, 9.17) is 14.6 Å². The van der Waals surface area contributed by atoms with Crippen molar-refractivity contribution in [3.63, 3.8) is 0 Å².